The lowest BCUT2D eigenvalue weighted by Crippen LogP contribution is -2.53. The lowest BCUT2D eigenvalue weighted by Gasteiger charge is -2.34. The molecule has 8 nitrogen and oxygen atoms in total. The Morgan fingerprint density at radius 2 is 1.45 bits per heavy atom. The number of unbranched alkanes of at least 4 members (excludes halogenated alkanes) is 1. The minimum Gasteiger partial charge on any atom is -0.494 e. The first-order valence-electron chi connectivity index (χ1n) is 15.5. The van der Waals surface area contributed by atoms with Crippen molar-refractivity contribution >= 4 is 50.7 Å². The Kier molecular flexibility index (Phi) is 13.1. The highest BCUT2D eigenvalue weighted by atomic mass is 35.5. The van der Waals surface area contributed by atoms with Crippen LogP contribution < -0.4 is 14.4 Å². The summed E-state index contributed by atoms with van der Waals surface area (Å²) in [5.74, 6) is -0.417. The third kappa shape index (κ3) is 9.50. The van der Waals surface area contributed by atoms with Crippen molar-refractivity contribution in [1.82, 2.24) is 10.2 Å². The number of nitrogens with one attached hydrogen (secondary N) is 1. The molecule has 1 N–H and O–H groups in total. The summed E-state index contributed by atoms with van der Waals surface area (Å²) in [6, 6.07) is 27.7. The number of anilines is 1. The van der Waals surface area contributed by atoms with Gasteiger partial charge in [0.05, 0.1) is 17.2 Å². The van der Waals surface area contributed by atoms with Gasteiger partial charge in [0.15, 0.2) is 0 Å². The molecule has 1 atom stereocenters. The van der Waals surface area contributed by atoms with Crippen LogP contribution in [0.25, 0.3) is 0 Å². The standard InChI is InChI=1S/C36H39Cl2N3O5S/c1-3-5-23-39-36(43)34(24-27-13-8-6-9-14-27)40(25-31-32(37)17-12-18-33(31)38)35(42)26-41(28-19-21-29(22-20-28)46-4-2)47(44,45)30-15-10-7-11-16-30/h6-22,34H,3-5,23-26H2,1-2H3,(H,39,43)/t34-/m0/s1. The molecule has 0 aliphatic heterocycles. The van der Waals surface area contributed by atoms with Crippen molar-refractivity contribution in [2.24, 2.45) is 0 Å². The number of carbonyl (C=O) groups is 2. The highest BCUT2D eigenvalue weighted by molar-refractivity contribution is 7.92. The number of benzene rings is 4. The van der Waals surface area contributed by atoms with Crippen LogP contribution in [0.15, 0.2) is 108 Å². The molecule has 0 spiro atoms. The van der Waals surface area contributed by atoms with Gasteiger partial charge < -0.3 is 15.0 Å². The van der Waals surface area contributed by atoms with Crippen molar-refractivity contribution in [3.63, 3.8) is 0 Å². The molecule has 0 aliphatic carbocycles. The minimum atomic E-state index is -4.23. The van der Waals surface area contributed by atoms with Crippen LogP contribution in [-0.4, -0.2) is 50.9 Å². The quantitative estimate of drug-likeness (QED) is 0.126. The maximum atomic E-state index is 14.6. The van der Waals surface area contributed by atoms with Gasteiger partial charge >= 0.3 is 0 Å². The fourth-order valence-corrected chi connectivity index (χ4v) is 6.99. The second-order valence-corrected chi connectivity index (χ2v) is 13.5. The van der Waals surface area contributed by atoms with Crippen molar-refractivity contribution in [2.45, 2.75) is 50.6 Å². The van der Waals surface area contributed by atoms with Crippen LogP contribution in [-0.2, 0) is 32.6 Å². The summed E-state index contributed by atoms with van der Waals surface area (Å²) in [6.07, 6.45) is 1.81. The number of carbonyl (C=O) groups excluding carboxylic acids is 2. The van der Waals surface area contributed by atoms with Gasteiger partial charge in [-0.15, -0.1) is 0 Å². The number of amides is 2. The molecule has 47 heavy (non-hydrogen) atoms. The van der Waals surface area contributed by atoms with Gasteiger partial charge in [-0.1, -0.05) is 91.1 Å². The SMILES string of the molecule is CCCCNC(=O)[C@H](Cc1ccccc1)N(Cc1c(Cl)cccc1Cl)C(=O)CN(c1ccc(OCC)cc1)S(=O)(=O)c1ccccc1. The predicted octanol–water partition coefficient (Wildman–Crippen LogP) is 7.14. The van der Waals surface area contributed by atoms with Crippen molar-refractivity contribution in [3.05, 3.63) is 124 Å². The normalized spacial score (nSPS) is 11.8. The van der Waals surface area contributed by atoms with Gasteiger partial charge in [-0.3, -0.25) is 13.9 Å². The Morgan fingerprint density at radius 3 is 2.04 bits per heavy atom. The molecule has 0 aliphatic rings. The van der Waals surface area contributed by atoms with E-state index in [1.807, 2.05) is 44.2 Å². The van der Waals surface area contributed by atoms with Gasteiger partial charge in [0.25, 0.3) is 10.0 Å². The maximum Gasteiger partial charge on any atom is 0.264 e. The molecule has 4 aromatic carbocycles. The molecule has 248 valence electrons. The monoisotopic (exact) mass is 695 g/mol. The largest absolute Gasteiger partial charge is 0.494 e. The van der Waals surface area contributed by atoms with Crippen molar-refractivity contribution in [1.29, 1.82) is 0 Å². The first-order chi connectivity index (χ1) is 22.6. The number of hydrogen-bond acceptors (Lipinski definition) is 5. The van der Waals surface area contributed by atoms with Crippen molar-refractivity contribution in [2.75, 3.05) is 24.0 Å². The van der Waals surface area contributed by atoms with Gasteiger partial charge in [0, 0.05) is 35.1 Å². The number of rotatable bonds is 16. The topological polar surface area (TPSA) is 96.0 Å². The molecule has 0 saturated heterocycles. The zero-order valence-corrected chi connectivity index (χ0v) is 28.8. The fraction of sp³-hybridized carbons (Fsp3) is 0.278. The van der Waals surface area contributed by atoms with E-state index in [4.69, 9.17) is 27.9 Å². The van der Waals surface area contributed by atoms with Gasteiger partial charge in [0.2, 0.25) is 11.8 Å². The third-order valence-electron chi connectivity index (χ3n) is 7.54. The average molecular weight is 697 g/mol. The number of sulfonamides is 1. The van der Waals surface area contributed by atoms with Crippen LogP contribution >= 0.6 is 23.2 Å². The molecule has 0 aromatic heterocycles. The maximum absolute atomic E-state index is 14.6. The van der Waals surface area contributed by atoms with Crippen LogP contribution in [0.4, 0.5) is 5.69 Å². The second-order valence-electron chi connectivity index (χ2n) is 10.8. The van der Waals surface area contributed by atoms with E-state index in [0.717, 1.165) is 22.7 Å². The van der Waals surface area contributed by atoms with E-state index in [1.165, 1.54) is 17.0 Å². The predicted molar refractivity (Wildman–Crippen MR) is 187 cm³/mol. The Balaban J connectivity index is 1.81. The molecular weight excluding hydrogens is 657 g/mol. The molecule has 2 amide bonds. The number of halogens is 2. The smallest absolute Gasteiger partial charge is 0.264 e. The Bertz CT molecular complexity index is 1700. The third-order valence-corrected chi connectivity index (χ3v) is 10.0. The number of hydrogen-bond donors (Lipinski definition) is 1. The zero-order chi connectivity index (χ0) is 33.8. The van der Waals surface area contributed by atoms with Gasteiger partial charge in [-0.05, 0) is 67.4 Å². The van der Waals surface area contributed by atoms with Gasteiger partial charge in [-0.25, -0.2) is 8.42 Å². The summed E-state index contributed by atoms with van der Waals surface area (Å²) in [4.78, 5) is 29.9. The van der Waals surface area contributed by atoms with Crippen molar-refractivity contribution in [3.8, 4) is 5.75 Å². The Hall–Kier alpha value is -4.05. The molecule has 4 aromatic rings. The van der Waals surface area contributed by atoms with Crippen LogP contribution in [0.2, 0.25) is 10.0 Å². The van der Waals surface area contributed by atoms with Crippen LogP contribution in [0.1, 0.15) is 37.8 Å². The summed E-state index contributed by atoms with van der Waals surface area (Å²) in [6.45, 7) is 4.01. The summed E-state index contributed by atoms with van der Waals surface area (Å²) in [5.41, 5.74) is 1.53. The average Bonchev–Trinajstić information content (AvgIpc) is 3.07. The lowest BCUT2D eigenvalue weighted by molar-refractivity contribution is -0.140. The highest BCUT2D eigenvalue weighted by Gasteiger charge is 2.35. The molecule has 0 fully saturated rings. The molecule has 0 radical (unpaired) electrons. The molecule has 0 unspecified atom stereocenters. The second kappa shape index (κ2) is 17.2. The van der Waals surface area contributed by atoms with E-state index in [-0.39, 0.29) is 29.5 Å². The molecule has 0 heterocycles. The first kappa shape index (κ1) is 35.8. The molecular formula is C36H39Cl2N3O5S. The van der Waals surface area contributed by atoms with Crippen LogP contribution in [0, 0.1) is 0 Å². The van der Waals surface area contributed by atoms with Gasteiger partial charge in [-0.2, -0.15) is 0 Å². The number of nitrogens with zero attached hydrogens (tertiary/aromatic N) is 2. The van der Waals surface area contributed by atoms with Crippen molar-refractivity contribution < 1.29 is 22.7 Å². The molecule has 0 bridgehead atoms. The van der Waals surface area contributed by atoms with Gasteiger partial charge in [0.1, 0.15) is 18.3 Å². The minimum absolute atomic E-state index is 0.0144. The number of ether oxygens (including phenoxy) is 1. The van der Waals surface area contributed by atoms with Crippen LogP contribution in [0.5, 0.6) is 5.75 Å². The Labute approximate surface area is 287 Å². The van der Waals surface area contributed by atoms with Crippen LogP contribution in [0.3, 0.4) is 0 Å². The fourth-order valence-electron chi connectivity index (χ4n) is 5.04. The summed E-state index contributed by atoms with van der Waals surface area (Å²) < 4.78 is 34.9. The Morgan fingerprint density at radius 1 is 0.830 bits per heavy atom. The van der Waals surface area contributed by atoms with E-state index >= 15 is 0 Å². The van der Waals surface area contributed by atoms with E-state index in [1.54, 1.807) is 60.7 Å². The van der Waals surface area contributed by atoms with E-state index in [9.17, 15) is 18.0 Å². The first-order valence-corrected chi connectivity index (χ1v) is 17.7. The van der Waals surface area contributed by atoms with E-state index in [0.29, 0.717) is 34.5 Å². The molecule has 11 heteroatoms. The van der Waals surface area contributed by atoms with E-state index < -0.39 is 28.5 Å². The summed E-state index contributed by atoms with van der Waals surface area (Å²) >= 11 is 13.2. The molecule has 4 rings (SSSR count). The molecule has 0 saturated carbocycles. The summed E-state index contributed by atoms with van der Waals surface area (Å²) in [5, 5.41) is 3.61. The zero-order valence-electron chi connectivity index (χ0n) is 26.4. The van der Waals surface area contributed by atoms with E-state index in [2.05, 4.69) is 5.32 Å². The lowest BCUT2D eigenvalue weighted by atomic mass is 10.0. The highest BCUT2D eigenvalue weighted by Crippen LogP contribution is 2.29. The summed E-state index contributed by atoms with van der Waals surface area (Å²) in [7, 11) is -4.23.